The molecule has 1 saturated heterocycles. The summed E-state index contributed by atoms with van der Waals surface area (Å²) in [5.41, 5.74) is -6.79. The summed E-state index contributed by atoms with van der Waals surface area (Å²) in [6.07, 6.45) is -17.9. The Bertz CT molecular complexity index is 2320. The van der Waals surface area contributed by atoms with Crippen LogP contribution in [0.4, 0.5) is 26.3 Å². The molecule has 0 aromatic heterocycles. The van der Waals surface area contributed by atoms with E-state index in [2.05, 4.69) is 0 Å². The van der Waals surface area contributed by atoms with Gasteiger partial charge in [-0.2, -0.15) is 26.3 Å². The first-order valence-electron chi connectivity index (χ1n) is 25.8. The van der Waals surface area contributed by atoms with Gasteiger partial charge < -0.3 is 38.3 Å². The Morgan fingerprint density at radius 1 is 0.740 bits per heavy atom. The topological polar surface area (TPSA) is 204 Å². The lowest BCUT2D eigenvalue weighted by molar-refractivity contribution is -0.222. The van der Waals surface area contributed by atoms with E-state index < -0.39 is 154 Å². The fourth-order valence-corrected chi connectivity index (χ4v) is 11.3. The van der Waals surface area contributed by atoms with Gasteiger partial charge in [-0.15, -0.1) is 11.8 Å². The molecule has 0 radical (unpaired) electrons. The van der Waals surface area contributed by atoms with Gasteiger partial charge in [0.2, 0.25) is 0 Å². The third-order valence-electron chi connectivity index (χ3n) is 15.0. The maximum absolute atomic E-state index is 14.4. The van der Waals surface area contributed by atoms with E-state index in [1.165, 1.54) is 20.8 Å². The van der Waals surface area contributed by atoms with Crippen molar-refractivity contribution in [3.05, 3.63) is 35.4 Å². The minimum Gasteiger partial charge on any atom is -0.462 e. The molecule has 11 unspecified atom stereocenters. The summed E-state index contributed by atoms with van der Waals surface area (Å²) < 4.78 is 118. The third-order valence-corrected chi connectivity index (χ3v) is 16.2. The van der Waals surface area contributed by atoms with Crippen LogP contribution in [0.5, 0.6) is 0 Å². The van der Waals surface area contributed by atoms with Crippen LogP contribution in [0.3, 0.4) is 0 Å². The normalized spacial score (nSPS) is 23.8. The van der Waals surface area contributed by atoms with E-state index in [9.17, 15) is 65.0 Å². The van der Waals surface area contributed by atoms with Crippen molar-refractivity contribution in [2.24, 2.45) is 38.9 Å². The zero-order chi connectivity index (χ0) is 58.9. The number of aliphatic hydroxyl groups is 1. The first-order chi connectivity index (χ1) is 34.9. The van der Waals surface area contributed by atoms with Gasteiger partial charge in [0.25, 0.3) is 0 Å². The van der Waals surface area contributed by atoms with Crippen LogP contribution >= 0.6 is 11.8 Å². The van der Waals surface area contributed by atoms with E-state index in [1.807, 2.05) is 45.0 Å². The van der Waals surface area contributed by atoms with Crippen LogP contribution in [0.25, 0.3) is 0 Å². The lowest BCUT2D eigenvalue weighted by Gasteiger charge is -2.37. The van der Waals surface area contributed by atoms with Crippen LogP contribution in [0, 0.1) is 38.9 Å². The van der Waals surface area contributed by atoms with E-state index in [1.54, 1.807) is 48.5 Å². The summed E-state index contributed by atoms with van der Waals surface area (Å²) in [5, 5.41) is 10.8. The lowest BCUT2D eigenvalue weighted by atomic mass is 9.70. The molecule has 2 bridgehead atoms. The highest BCUT2D eigenvalue weighted by atomic mass is 32.2. The Morgan fingerprint density at radius 2 is 1.30 bits per heavy atom. The highest BCUT2D eigenvalue weighted by Gasteiger charge is 2.76. The minimum absolute atomic E-state index is 0.123. The molecule has 1 N–H and O–H groups in total. The van der Waals surface area contributed by atoms with Gasteiger partial charge >= 0.3 is 54.1 Å². The van der Waals surface area contributed by atoms with Crippen molar-refractivity contribution < 1.29 is 98.2 Å². The van der Waals surface area contributed by atoms with Crippen LogP contribution < -0.4 is 0 Å². The van der Waals surface area contributed by atoms with Gasteiger partial charge in [-0.1, -0.05) is 52.0 Å². The molecule has 2 aliphatic carbocycles. The van der Waals surface area contributed by atoms with E-state index in [0.717, 1.165) is 22.9 Å². The van der Waals surface area contributed by atoms with Crippen LogP contribution in [0.15, 0.2) is 24.3 Å². The molecule has 1 aromatic carbocycles. The number of thioether (sulfide) groups is 1. The summed E-state index contributed by atoms with van der Waals surface area (Å²) in [5.74, 6) is -9.12. The molecule has 1 aromatic rings. The van der Waals surface area contributed by atoms with E-state index >= 15 is 0 Å². The second kappa shape index (κ2) is 23.6. The molecule has 3 fully saturated rings. The number of halogens is 6. The molecule has 4 rings (SSSR count). The SMILES string of the molecule is CCC(C)(CC(CC(C)(C)C(=O)OCC(O)COC(=O)CSCC(C)(CC(C)(C)C(=O)OC(C)(C)C)C(=O)OC(C)C(F)(F)F)c1ccc(C(C)(C)C)cc1)C(=O)OC1C2CC3C1OC(=O)C3(C(=O)OC(C)C(F)(F)F)C2. The zero-order valence-corrected chi connectivity index (χ0v) is 47.7. The second-order valence-electron chi connectivity index (χ2n) is 25.0. The van der Waals surface area contributed by atoms with E-state index in [4.69, 9.17) is 33.2 Å². The van der Waals surface area contributed by atoms with Gasteiger partial charge in [0.05, 0.1) is 27.4 Å². The number of hydrogen-bond acceptors (Lipinski definition) is 16. The number of alkyl halides is 6. The van der Waals surface area contributed by atoms with Gasteiger partial charge in [-0.25, -0.2) is 0 Å². The Kier molecular flexibility index (Phi) is 19.9. The molecule has 436 valence electrons. The Balaban J connectivity index is 1.41. The van der Waals surface area contributed by atoms with Crippen molar-refractivity contribution in [1.82, 2.24) is 0 Å². The second-order valence-corrected chi connectivity index (χ2v) is 26.0. The Morgan fingerprint density at radius 3 is 1.83 bits per heavy atom. The summed E-state index contributed by atoms with van der Waals surface area (Å²) in [7, 11) is 0. The fourth-order valence-electron chi connectivity index (χ4n) is 10.2. The van der Waals surface area contributed by atoms with Crippen molar-refractivity contribution in [3.8, 4) is 0 Å². The lowest BCUT2D eigenvalue weighted by Crippen LogP contribution is -2.48. The van der Waals surface area contributed by atoms with Crippen molar-refractivity contribution in [3.63, 3.8) is 0 Å². The van der Waals surface area contributed by atoms with E-state index in [-0.39, 0.29) is 49.7 Å². The summed E-state index contributed by atoms with van der Waals surface area (Å²) in [6, 6.07) is 7.76. The maximum atomic E-state index is 14.4. The molecule has 1 heterocycles. The summed E-state index contributed by atoms with van der Waals surface area (Å²) in [4.78, 5) is 93.9. The third kappa shape index (κ3) is 15.8. The van der Waals surface area contributed by atoms with Crippen molar-refractivity contribution in [2.75, 3.05) is 24.7 Å². The molecule has 1 aliphatic heterocycles. The number of ether oxygens (including phenoxy) is 7. The quantitative estimate of drug-likeness (QED) is 0.0443. The van der Waals surface area contributed by atoms with Crippen LogP contribution in [-0.4, -0.2) is 120 Å². The number of benzene rings is 1. The Labute approximate surface area is 451 Å². The molecular weight excluding hydrogens is 1050 g/mol. The first kappa shape index (κ1) is 64.9. The van der Waals surface area contributed by atoms with Gasteiger partial charge in [0, 0.05) is 17.6 Å². The number of carbonyl (C=O) groups excluding carboxylic acids is 7. The first-order valence-corrected chi connectivity index (χ1v) is 27.0. The van der Waals surface area contributed by atoms with Crippen LogP contribution in [-0.2, 0) is 72.1 Å². The number of esters is 7. The standard InChI is InChI=1S/C55H78F6O15S/c1-16-51(14,43(66)74-39-33-21-37-40(39)75-46(69)53(37,24-33)45(68)73-31(3)55(59,60)61)23-34(32-17-19-35(20-18-32)47(4,5)6)22-49(10,11)41(64)71-26-36(62)25-70-38(63)27-77-29-52(15,44(67)72-30(2)54(56,57)58)28-50(12,13)42(65)76-48(7,8)9/h17-20,30-31,33-34,36-37,39-40,62H,16,21-29H2,1-15H3. The van der Waals surface area contributed by atoms with Crippen LogP contribution in [0.2, 0.25) is 0 Å². The molecule has 22 heteroatoms. The number of fused-ring (bicyclic) bond motifs is 1. The Hall–Kier alpha value is -4.60. The summed E-state index contributed by atoms with van der Waals surface area (Å²) in [6.45, 7) is 22.2. The maximum Gasteiger partial charge on any atom is 0.425 e. The monoisotopic (exact) mass is 1120 g/mol. The van der Waals surface area contributed by atoms with Crippen molar-refractivity contribution in [1.29, 1.82) is 0 Å². The van der Waals surface area contributed by atoms with Crippen LogP contribution in [0.1, 0.15) is 159 Å². The molecule has 77 heavy (non-hydrogen) atoms. The summed E-state index contributed by atoms with van der Waals surface area (Å²) >= 11 is 0.832. The molecule has 15 nitrogen and oxygen atoms in total. The van der Waals surface area contributed by atoms with Crippen molar-refractivity contribution in [2.45, 2.75) is 202 Å². The number of rotatable bonds is 24. The van der Waals surface area contributed by atoms with Gasteiger partial charge in [-0.05, 0) is 137 Å². The number of aliphatic hydroxyl groups excluding tert-OH is 1. The van der Waals surface area contributed by atoms with E-state index in [0.29, 0.717) is 13.8 Å². The van der Waals surface area contributed by atoms with Gasteiger partial charge in [-0.3, -0.25) is 33.6 Å². The average Bonchev–Trinajstić information content (AvgIpc) is 3.91. The molecule has 0 amide bonds. The fraction of sp³-hybridized carbons (Fsp3) is 0.764. The van der Waals surface area contributed by atoms with Gasteiger partial charge in [0.15, 0.2) is 17.6 Å². The largest absolute Gasteiger partial charge is 0.462 e. The molecule has 11 atom stereocenters. The zero-order valence-electron chi connectivity index (χ0n) is 46.8. The molecule has 0 spiro atoms. The predicted octanol–water partition coefficient (Wildman–Crippen LogP) is 10.1. The smallest absolute Gasteiger partial charge is 0.425 e. The number of hydrogen-bond donors (Lipinski definition) is 1. The van der Waals surface area contributed by atoms with Crippen molar-refractivity contribution >= 4 is 53.5 Å². The highest BCUT2D eigenvalue weighted by molar-refractivity contribution is 8.00. The number of carbonyl (C=O) groups is 7. The molecule has 2 saturated carbocycles. The predicted molar refractivity (Wildman–Crippen MR) is 269 cm³/mol. The molecule has 3 aliphatic rings. The van der Waals surface area contributed by atoms with Gasteiger partial charge in [0.1, 0.15) is 37.1 Å². The highest BCUT2D eigenvalue weighted by Crippen LogP contribution is 2.63. The average molecular weight is 1130 g/mol. The minimum atomic E-state index is -4.86. The molecular formula is C55H78F6O15S.